The van der Waals surface area contributed by atoms with Crippen LogP contribution in [0.5, 0.6) is 5.88 Å². The minimum Gasteiger partial charge on any atom is -0.476 e. The maximum Gasteiger partial charge on any atom is 0.256 e. The van der Waals surface area contributed by atoms with Gasteiger partial charge in [-0.2, -0.15) is 5.10 Å². The number of aryl methyl sites for hydroxylation is 2. The van der Waals surface area contributed by atoms with Gasteiger partial charge in [0, 0.05) is 13.6 Å². The van der Waals surface area contributed by atoms with E-state index in [1.165, 1.54) is 4.68 Å². The van der Waals surface area contributed by atoms with Crippen molar-refractivity contribution in [3.05, 3.63) is 11.3 Å². The number of ether oxygens (including phenoxy) is 1. The molecule has 4 N–H and O–H groups in total. The summed E-state index contributed by atoms with van der Waals surface area (Å²) in [6.45, 7) is 2.41. The molecule has 78 valence electrons. The topological polar surface area (TPSA) is 96.2 Å². The summed E-state index contributed by atoms with van der Waals surface area (Å²) in [5.41, 5.74) is 11.4. The van der Waals surface area contributed by atoms with Crippen molar-refractivity contribution in [3.8, 4) is 5.88 Å². The smallest absolute Gasteiger partial charge is 0.256 e. The molecule has 0 aliphatic rings. The molecule has 0 aromatic carbocycles. The zero-order valence-corrected chi connectivity index (χ0v) is 8.28. The molecule has 0 spiro atoms. The largest absolute Gasteiger partial charge is 0.476 e. The zero-order chi connectivity index (χ0) is 10.7. The Labute approximate surface area is 81.8 Å². The van der Waals surface area contributed by atoms with Crippen LogP contribution in [0.15, 0.2) is 0 Å². The number of carbonyl (C=O) groups is 1. The van der Waals surface area contributed by atoms with Gasteiger partial charge in [-0.1, -0.05) is 0 Å². The maximum atomic E-state index is 11.1. The van der Waals surface area contributed by atoms with Crippen molar-refractivity contribution < 1.29 is 9.53 Å². The van der Waals surface area contributed by atoms with Gasteiger partial charge in [0.2, 0.25) is 5.88 Å². The first-order valence-electron chi connectivity index (χ1n) is 4.24. The summed E-state index contributed by atoms with van der Waals surface area (Å²) in [5.74, 6) is -0.164. The summed E-state index contributed by atoms with van der Waals surface area (Å²) in [6, 6.07) is 0. The van der Waals surface area contributed by atoms with Crippen LogP contribution in [-0.2, 0) is 7.05 Å². The zero-order valence-electron chi connectivity index (χ0n) is 8.28. The predicted molar refractivity (Wildman–Crippen MR) is 51.0 cm³/mol. The number of rotatable bonds is 4. The molecule has 1 amide bonds. The van der Waals surface area contributed by atoms with Gasteiger partial charge in [-0.25, -0.2) is 4.68 Å². The summed E-state index contributed by atoms with van der Waals surface area (Å²) in [5, 5.41) is 4.04. The van der Waals surface area contributed by atoms with Gasteiger partial charge in [0.05, 0.1) is 5.69 Å². The van der Waals surface area contributed by atoms with Crippen LogP contribution in [-0.4, -0.2) is 28.8 Å². The lowest BCUT2D eigenvalue weighted by Gasteiger charge is -2.05. The molecule has 6 nitrogen and oxygen atoms in total. The SMILES string of the molecule is Cc1nn(C)c(OCCN)c1C(N)=O. The molecule has 1 aromatic rings. The fraction of sp³-hybridized carbons (Fsp3) is 0.500. The number of primary amides is 1. The quantitative estimate of drug-likeness (QED) is 0.659. The van der Waals surface area contributed by atoms with E-state index in [0.29, 0.717) is 30.3 Å². The molecule has 6 heteroatoms. The van der Waals surface area contributed by atoms with E-state index in [1.54, 1.807) is 14.0 Å². The normalized spacial score (nSPS) is 10.2. The third-order valence-corrected chi connectivity index (χ3v) is 1.77. The Kier molecular flexibility index (Phi) is 3.08. The molecule has 0 unspecified atom stereocenters. The van der Waals surface area contributed by atoms with Crippen LogP contribution in [0.25, 0.3) is 0 Å². The van der Waals surface area contributed by atoms with Gasteiger partial charge in [-0.3, -0.25) is 4.79 Å². The second kappa shape index (κ2) is 4.10. The number of amides is 1. The molecule has 14 heavy (non-hydrogen) atoms. The van der Waals surface area contributed by atoms with E-state index < -0.39 is 5.91 Å². The molecule has 0 fully saturated rings. The second-order valence-electron chi connectivity index (χ2n) is 2.89. The molecule has 0 saturated carbocycles. The van der Waals surface area contributed by atoms with Crippen LogP contribution in [0.2, 0.25) is 0 Å². The molecule has 0 saturated heterocycles. The van der Waals surface area contributed by atoms with E-state index in [9.17, 15) is 4.79 Å². The first kappa shape index (κ1) is 10.5. The highest BCUT2D eigenvalue weighted by atomic mass is 16.5. The summed E-state index contributed by atoms with van der Waals surface area (Å²) >= 11 is 0. The average molecular weight is 198 g/mol. The molecular formula is C8H14N4O2. The molecule has 1 rings (SSSR count). The molecule has 1 aromatic heterocycles. The second-order valence-corrected chi connectivity index (χ2v) is 2.89. The highest BCUT2D eigenvalue weighted by Crippen LogP contribution is 2.20. The lowest BCUT2D eigenvalue weighted by molar-refractivity contribution is 0.0995. The van der Waals surface area contributed by atoms with Gasteiger partial charge >= 0.3 is 0 Å². The highest BCUT2D eigenvalue weighted by molar-refractivity contribution is 5.96. The third-order valence-electron chi connectivity index (χ3n) is 1.77. The Morgan fingerprint density at radius 1 is 1.64 bits per heavy atom. The van der Waals surface area contributed by atoms with E-state index >= 15 is 0 Å². The van der Waals surface area contributed by atoms with Crippen molar-refractivity contribution in [1.29, 1.82) is 0 Å². The monoisotopic (exact) mass is 198 g/mol. The number of aromatic nitrogens is 2. The van der Waals surface area contributed by atoms with Crippen molar-refractivity contribution in [2.24, 2.45) is 18.5 Å². The minimum absolute atomic E-state index is 0.320. The number of nitrogens with two attached hydrogens (primary N) is 2. The lowest BCUT2D eigenvalue weighted by atomic mass is 10.2. The molecule has 0 atom stereocenters. The van der Waals surface area contributed by atoms with Crippen molar-refractivity contribution >= 4 is 5.91 Å². The summed E-state index contributed by atoms with van der Waals surface area (Å²) in [6.07, 6.45) is 0. The number of hydrogen-bond donors (Lipinski definition) is 2. The van der Waals surface area contributed by atoms with Crippen LogP contribution >= 0.6 is 0 Å². The Morgan fingerprint density at radius 3 is 2.79 bits per heavy atom. The van der Waals surface area contributed by atoms with Crippen LogP contribution in [0.1, 0.15) is 16.1 Å². The van der Waals surface area contributed by atoms with Crippen LogP contribution < -0.4 is 16.2 Å². The molecule has 1 heterocycles. The summed E-state index contributed by atoms with van der Waals surface area (Å²) in [7, 11) is 1.69. The standard InChI is InChI=1S/C8H14N4O2/c1-5-6(7(10)13)8(12(2)11-5)14-4-3-9/h3-4,9H2,1-2H3,(H2,10,13). The van der Waals surface area contributed by atoms with Crippen LogP contribution in [0.3, 0.4) is 0 Å². The Hall–Kier alpha value is -1.56. The van der Waals surface area contributed by atoms with E-state index in [4.69, 9.17) is 16.2 Å². The fourth-order valence-electron chi connectivity index (χ4n) is 1.24. The van der Waals surface area contributed by atoms with Crippen molar-refractivity contribution in [2.75, 3.05) is 13.2 Å². The van der Waals surface area contributed by atoms with Gasteiger partial charge in [0.1, 0.15) is 12.2 Å². The lowest BCUT2D eigenvalue weighted by Crippen LogP contribution is -2.17. The van der Waals surface area contributed by atoms with Gasteiger partial charge in [0.25, 0.3) is 5.91 Å². The summed E-state index contributed by atoms with van der Waals surface area (Å²) < 4.78 is 6.75. The number of hydrogen-bond acceptors (Lipinski definition) is 4. The van der Waals surface area contributed by atoms with Gasteiger partial charge in [-0.05, 0) is 6.92 Å². The first-order valence-corrected chi connectivity index (χ1v) is 4.24. The van der Waals surface area contributed by atoms with E-state index in [-0.39, 0.29) is 0 Å². The van der Waals surface area contributed by atoms with E-state index in [0.717, 1.165) is 0 Å². The van der Waals surface area contributed by atoms with Gasteiger partial charge in [-0.15, -0.1) is 0 Å². The molecule has 0 aliphatic carbocycles. The van der Waals surface area contributed by atoms with E-state index in [1.807, 2.05) is 0 Å². The van der Waals surface area contributed by atoms with Crippen LogP contribution in [0.4, 0.5) is 0 Å². The first-order chi connectivity index (χ1) is 6.57. The fourth-order valence-corrected chi connectivity index (χ4v) is 1.24. The van der Waals surface area contributed by atoms with Crippen molar-refractivity contribution in [1.82, 2.24) is 9.78 Å². The third kappa shape index (κ3) is 1.85. The Bertz CT molecular complexity index is 345. The highest BCUT2D eigenvalue weighted by Gasteiger charge is 2.18. The number of nitrogens with zero attached hydrogens (tertiary/aromatic N) is 2. The maximum absolute atomic E-state index is 11.1. The summed E-state index contributed by atoms with van der Waals surface area (Å²) in [4.78, 5) is 11.1. The number of carbonyl (C=O) groups excluding carboxylic acids is 1. The van der Waals surface area contributed by atoms with Crippen molar-refractivity contribution in [2.45, 2.75) is 6.92 Å². The molecule has 0 bridgehead atoms. The Morgan fingerprint density at radius 2 is 2.29 bits per heavy atom. The van der Waals surface area contributed by atoms with E-state index in [2.05, 4.69) is 5.10 Å². The average Bonchev–Trinajstić information content (AvgIpc) is 2.37. The minimum atomic E-state index is -0.539. The van der Waals surface area contributed by atoms with Gasteiger partial charge in [0.15, 0.2) is 0 Å². The predicted octanol–water partition coefficient (Wildman–Crippen LogP) is -0.835. The Balaban J connectivity index is 3.05. The molecule has 0 radical (unpaired) electrons. The molecular weight excluding hydrogens is 184 g/mol. The van der Waals surface area contributed by atoms with Crippen molar-refractivity contribution in [3.63, 3.8) is 0 Å². The molecule has 0 aliphatic heterocycles. The van der Waals surface area contributed by atoms with Crippen LogP contribution in [0, 0.1) is 6.92 Å². The van der Waals surface area contributed by atoms with Gasteiger partial charge < -0.3 is 16.2 Å².